The van der Waals surface area contributed by atoms with E-state index >= 15 is 0 Å². The van der Waals surface area contributed by atoms with Gasteiger partial charge in [-0.15, -0.1) is 0 Å². The van der Waals surface area contributed by atoms with Crippen LogP contribution in [0.2, 0.25) is 0 Å². The summed E-state index contributed by atoms with van der Waals surface area (Å²) in [6.07, 6.45) is 3.10. The zero-order valence-corrected chi connectivity index (χ0v) is 11.7. The number of rotatable bonds is 6. The zero-order chi connectivity index (χ0) is 13.7. The van der Waals surface area contributed by atoms with Crippen LogP contribution in [0.5, 0.6) is 5.75 Å². The molecule has 1 aliphatic heterocycles. The van der Waals surface area contributed by atoms with Crippen molar-refractivity contribution in [3.63, 3.8) is 0 Å². The summed E-state index contributed by atoms with van der Waals surface area (Å²) < 4.78 is 7.41. The lowest BCUT2D eigenvalue weighted by atomic mass is 10.3. The van der Waals surface area contributed by atoms with Crippen molar-refractivity contribution in [1.29, 1.82) is 0 Å². The van der Waals surface area contributed by atoms with Crippen LogP contribution in [0, 0.1) is 0 Å². The Hall–Kier alpha value is -1.11. The summed E-state index contributed by atoms with van der Waals surface area (Å²) in [6, 6.07) is 0.322. The summed E-state index contributed by atoms with van der Waals surface area (Å²) in [5.41, 5.74) is 0. The van der Waals surface area contributed by atoms with Crippen molar-refractivity contribution in [3.05, 3.63) is 12.4 Å². The average Bonchev–Trinajstić information content (AvgIpc) is 2.86. The van der Waals surface area contributed by atoms with Crippen LogP contribution in [-0.2, 0) is 0 Å². The van der Waals surface area contributed by atoms with Gasteiger partial charge in [-0.1, -0.05) is 0 Å². The fraction of sp³-hybridized carbons (Fsp3) is 0.769. The van der Waals surface area contributed by atoms with Crippen LogP contribution in [0.15, 0.2) is 12.4 Å². The highest BCUT2D eigenvalue weighted by Crippen LogP contribution is 2.12. The van der Waals surface area contributed by atoms with E-state index in [0.29, 0.717) is 24.9 Å². The molecule has 1 saturated heterocycles. The van der Waals surface area contributed by atoms with Crippen molar-refractivity contribution in [2.75, 3.05) is 39.3 Å². The normalized spacial score (nSPS) is 18.7. The van der Waals surface area contributed by atoms with E-state index in [1.807, 2.05) is 10.9 Å². The van der Waals surface area contributed by atoms with Crippen LogP contribution in [0.25, 0.3) is 0 Å². The highest BCUT2D eigenvalue weighted by atomic mass is 16.5. The van der Waals surface area contributed by atoms with Crippen LogP contribution in [0.3, 0.4) is 0 Å². The van der Waals surface area contributed by atoms with E-state index in [-0.39, 0.29) is 0 Å². The summed E-state index contributed by atoms with van der Waals surface area (Å²) in [7, 11) is 0. The monoisotopic (exact) mass is 268 g/mol. The number of nitrogens with zero attached hydrogens (tertiary/aromatic N) is 3. The molecule has 1 aromatic heterocycles. The fourth-order valence-corrected chi connectivity index (χ4v) is 2.11. The molecule has 2 heterocycles. The molecule has 0 aliphatic carbocycles. The zero-order valence-electron chi connectivity index (χ0n) is 11.7. The van der Waals surface area contributed by atoms with Gasteiger partial charge in [0.25, 0.3) is 0 Å². The first-order valence-electron chi connectivity index (χ1n) is 6.93. The Morgan fingerprint density at radius 2 is 2.16 bits per heavy atom. The first-order chi connectivity index (χ1) is 9.15. The summed E-state index contributed by atoms with van der Waals surface area (Å²) in [6.45, 7) is 9.08. The molecule has 0 radical (unpaired) electrons. The molecule has 6 nitrogen and oxygen atoms in total. The minimum Gasteiger partial charge on any atom is -0.488 e. The minimum atomic E-state index is -0.458. The molecule has 0 amide bonds. The third kappa shape index (κ3) is 4.49. The van der Waals surface area contributed by atoms with Crippen LogP contribution in [0.4, 0.5) is 0 Å². The lowest BCUT2D eigenvalue weighted by molar-refractivity contribution is 0.0641. The highest BCUT2D eigenvalue weighted by molar-refractivity contribution is 5.12. The Labute approximate surface area is 114 Å². The summed E-state index contributed by atoms with van der Waals surface area (Å²) in [4.78, 5) is 2.25. The number of β-amino-alcohol motifs (C(OH)–C–C–N with tert-alkyl or cyclic N) is 1. The Kier molecular flexibility index (Phi) is 5.18. The number of aromatic nitrogens is 2. The number of hydrogen-bond donors (Lipinski definition) is 2. The van der Waals surface area contributed by atoms with Gasteiger partial charge in [0.2, 0.25) is 0 Å². The Morgan fingerprint density at radius 1 is 1.42 bits per heavy atom. The van der Waals surface area contributed by atoms with Crippen LogP contribution < -0.4 is 10.1 Å². The summed E-state index contributed by atoms with van der Waals surface area (Å²) >= 11 is 0. The molecule has 2 N–H and O–H groups in total. The Bertz CT molecular complexity index is 374. The molecule has 0 spiro atoms. The second kappa shape index (κ2) is 6.88. The lowest BCUT2D eigenvalue weighted by Gasteiger charge is -2.28. The molecule has 0 saturated carbocycles. The summed E-state index contributed by atoms with van der Waals surface area (Å²) in [5.74, 6) is 0.716. The minimum absolute atomic E-state index is 0.313. The number of aliphatic hydroxyl groups is 1. The average molecular weight is 268 g/mol. The van der Waals surface area contributed by atoms with E-state index < -0.39 is 6.10 Å². The SMILES string of the molecule is CC(C)n1cc(OCC(O)CN2CCNCC2)cn1. The largest absolute Gasteiger partial charge is 0.488 e. The van der Waals surface area contributed by atoms with Crippen molar-refractivity contribution >= 4 is 0 Å². The van der Waals surface area contributed by atoms with E-state index in [4.69, 9.17) is 4.74 Å². The highest BCUT2D eigenvalue weighted by Gasteiger charge is 2.15. The van der Waals surface area contributed by atoms with E-state index in [2.05, 4.69) is 29.2 Å². The second-order valence-electron chi connectivity index (χ2n) is 5.27. The van der Waals surface area contributed by atoms with Crippen LogP contribution in [-0.4, -0.2) is 65.2 Å². The molecule has 0 bridgehead atoms. The molecular formula is C13H24N4O2. The third-order valence-corrected chi connectivity index (χ3v) is 3.23. The maximum Gasteiger partial charge on any atom is 0.157 e. The number of nitrogens with one attached hydrogen (secondary N) is 1. The van der Waals surface area contributed by atoms with Crippen molar-refractivity contribution in [3.8, 4) is 5.75 Å². The van der Waals surface area contributed by atoms with Gasteiger partial charge >= 0.3 is 0 Å². The molecule has 6 heteroatoms. The van der Waals surface area contributed by atoms with E-state index in [1.54, 1.807) is 6.20 Å². The van der Waals surface area contributed by atoms with E-state index in [0.717, 1.165) is 26.2 Å². The van der Waals surface area contributed by atoms with Gasteiger partial charge in [0.1, 0.15) is 12.7 Å². The third-order valence-electron chi connectivity index (χ3n) is 3.23. The van der Waals surface area contributed by atoms with Crippen molar-refractivity contribution in [1.82, 2.24) is 20.0 Å². The molecule has 1 aromatic rings. The Morgan fingerprint density at radius 3 is 2.79 bits per heavy atom. The maximum atomic E-state index is 9.96. The smallest absolute Gasteiger partial charge is 0.157 e. The fourth-order valence-electron chi connectivity index (χ4n) is 2.11. The molecule has 1 fully saturated rings. The molecule has 1 unspecified atom stereocenters. The first kappa shape index (κ1) is 14.3. The molecule has 19 heavy (non-hydrogen) atoms. The maximum absolute atomic E-state index is 9.96. The molecule has 1 aliphatic rings. The second-order valence-corrected chi connectivity index (χ2v) is 5.27. The van der Waals surface area contributed by atoms with E-state index in [9.17, 15) is 5.11 Å². The van der Waals surface area contributed by atoms with Gasteiger partial charge in [-0.3, -0.25) is 9.58 Å². The van der Waals surface area contributed by atoms with Crippen molar-refractivity contribution in [2.45, 2.75) is 26.0 Å². The predicted octanol–water partition coefficient (Wildman–Crippen LogP) is 0.109. The summed E-state index contributed by atoms with van der Waals surface area (Å²) in [5, 5.41) is 17.5. The topological polar surface area (TPSA) is 62.6 Å². The predicted molar refractivity (Wildman–Crippen MR) is 73.4 cm³/mol. The standard InChI is InChI=1S/C13H24N4O2/c1-11(2)17-9-13(7-15-17)19-10-12(18)8-16-5-3-14-4-6-16/h7,9,11-12,14,18H,3-6,8,10H2,1-2H3. The molecule has 1 atom stereocenters. The first-order valence-corrected chi connectivity index (χ1v) is 6.93. The number of piperazine rings is 1. The van der Waals surface area contributed by atoms with Crippen molar-refractivity contribution < 1.29 is 9.84 Å². The number of aliphatic hydroxyl groups excluding tert-OH is 1. The van der Waals surface area contributed by atoms with Gasteiger partial charge in [-0.05, 0) is 13.8 Å². The lowest BCUT2D eigenvalue weighted by Crippen LogP contribution is -2.47. The van der Waals surface area contributed by atoms with Crippen LogP contribution >= 0.6 is 0 Å². The quantitative estimate of drug-likeness (QED) is 0.767. The van der Waals surface area contributed by atoms with Crippen molar-refractivity contribution in [2.24, 2.45) is 0 Å². The molecule has 0 aromatic carbocycles. The van der Waals surface area contributed by atoms with Gasteiger partial charge in [0.05, 0.1) is 12.4 Å². The molecular weight excluding hydrogens is 244 g/mol. The number of ether oxygens (including phenoxy) is 1. The number of hydrogen-bond acceptors (Lipinski definition) is 5. The van der Waals surface area contributed by atoms with E-state index in [1.165, 1.54) is 0 Å². The molecule has 108 valence electrons. The van der Waals surface area contributed by atoms with Crippen LogP contribution in [0.1, 0.15) is 19.9 Å². The van der Waals surface area contributed by atoms with Gasteiger partial charge in [-0.2, -0.15) is 5.10 Å². The van der Waals surface area contributed by atoms with Gasteiger partial charge < -0.3 is 15.2 Å². The molecule has 2 rings (SSSR count). The van der Waals surface area contributed by atoms with Gasteiger partial charge in [-0.25, -0.2) is 0 Å². The Balaban J connectivity index is 1.71. The van der Waals surface area contributed by atoms with Gasteiger partial charge in [0, 0.05) is 38.8 Å². The van der Waals surface area contributed by atoms with Gasteiger partial charge in [0.15, 0.2) is 5.75 Å².